The molecule has 2 rings (SSSR count). The van der Waals surface area contributed by atoms with Crippen molar-refractivity contribution in [1.82, 2.24) is 10.2 Å². The Morgan fingerprint density at radius 3 is 2.67 bits per heavy atom. The van der Waals surface area contributed by atoms with Crippen molar-refractivity contribution >= 4 is 5.91 Å². The van der Waals surface area contributed by atoms with Gasteiger partial charge >= 0.3 is 0 Å². The van der Waals surface area contributed by atoms with Crippen LogP contribution in [0.3, 0.4) is 0 Å². The summed E-state index contributed by atoms with van der Waals surface area (Å²) in [4.78, 5) is 13.9. The van der Waals surface area contributed by atoms with Gasteiger partial charge < -0.3 is 15.0 Å². The Hall–Kier alpha value is -2.32. The molecule has 5 heteroatoms. The fourth-order valence-corrected chi connectivity index (χ4v) is 2.12. The van der Waals surface area contributed by atoms with Crippen molar-refractivity contribution in [2.24, 2.45) is 0 Å². The number of carbonyl (C=O) groups is 1. The highest BCUT2D eigenvalue weighted by molar-refractivity contribution is 5.97. The maximum atomic E-state index is 12.2. The number of nitriles is 1. The van der Waals surface area contributed by atoms with Crippen LogP contribution in [-0.2, 0) is 9.53 Å². The van der Waals surface area contributed by atoms with Crippen LogP contribution in [0.1, 0.15) is 18.5 Å². The summed E-state index contributed by atoms with van der Waals surface area (Å²) in [7, 11) is 0. The molecule has 5 nitrogen and oxygen atoms in total. The molecule has 1 amide bonds. The molecule has 1 saturated heterocycles. The van der Waals surface area contributed by atoms with Crippen LogP contribution in [0.15, 0.2) is 42.1 Å². The zero-order chi connectivity index (χ0) is 15.1. The Morgan fingerprint density at radius 2 is 2.05 bits per heavy atom. The lowest BCUT2D eigenvalue weighted by Crippen LogP contribution is -2.41. The number of morpholine rings is 1. The lowest BCUT2D eigenvalue weighted by molar-refractivity contribution is -0.130. The summed E-state index contributed by atoms with van der Waals surface area (Å²) in [5.41, 5.74) is 1.23. The van der Waals surface area contributed by atoms with E-state index in [2.05, 4.69) is 5.32 Å². The van der Waals surface area contributed by atoms with Crippen molar-refractivity contribution in [2.45, 2.75) is 13.0 Å². The molecule has 1 N–H and O–H groups in total. The Morgan fingerprint density at radius 1 is 1.38 bits per heavy atom. The predicted molar refractivity (Wildman–Crippen MR) is 79.1 cm³/mol. The summed E-state index contributed by atoms with van der Waals surface area (Å²) in [5.74, 6) is -0.242. The third-order valence-electron chi connectivity index (χ3n) is 3.43. The van der Waals surface area contributed by atoms with E-state index in [0.29, 0.717) is 26.3 Å². The summed E-state index contributed by atoms with van der Waals surface area (Å²) in [6.45, 7) is 4.11. The van der Waals surface area contributed by atoms with Crippen LogP contribution in [0, 0.1) is 11.3 Å². The molecule has 110 valence electrons. The van der Waals surface area contributed by atoms with E-state index in [-0.39, 0.29) is 17.5 Å². The lowest BCUT2D eigenvalue weighted by atomic mass is 10.1. The minimum Gasteiger partial charge on any atom is -0.383 e. The quantitative estimate of drug-likeness (QED) is 0.674. The van der Waals surface area contributed by atoms with Gasteiger partial charge in [-0.2, -0.15) is 5.26 Å². The zero-order valence-corrected chi connectivity index (χ0v) is 12.1. The minimum absolute atomic E-state index is 0.0343. The van der Waals surface area contributed by atoms with E-state index in [1.54, 1.807) is 4.90 Å². The number of rotatable bonds is 4. The first kappa shape index (κ1) is 15.1. The fraction of sp³-hybridized carbons (Fsp3) is 0.375. The van der Waals surface area contributed by atoms with Crippen LogP contribution < -0.4 is 5.32 Å². The second-order valence-corrected chi connectivity index (χ2v) is 4.87. The molecule has 1 aliphatic heterocycles. The van der Waals surface area contributed by atoms with E-state index in [9.17, 15) is 10.1 Å². The standard InChI is InChI=1S/C16H19N3O2/c1-13(14-5-3-2-4-6-14)18-12-15(11-17)16(20)19-7-9-21-10-8-19/h2-6,12-13,18H,7-10H2,1H3/b15-12-. The topological polar surface area (TPSA) is 65.4 Å². The molecular weight excluding hydrogens is 266 g/mol. The number of ether oxygens (including phenoxy) is 1. The van der Waals surface area contributed by atoms with Crippen molar-refractivity contribution in [2.75, 3.05) is 26.3 Å². The Balaban J connectivity index is 2.00. The Kier molecular flexibility index (Phi) is 5.35. The van der Waals surface area contributed by atoms with Gasteiger partial charge in [0.05, 0.1) is 13.2 Å². The molecule has 0 saturated carbocycles. The molecule has 1 aromatic rings. The highest BCUT2D eigenvalue weighted by Crippen LogP contribution is 2.12. The van der Waals surface area contributed by atoms with Crippen molar-refractivity contribution in [1.29, 1.82) is 5.26 Å². The average molecular weight is 285 g/mol. The van der Waals surface area contributed by atoms with Gasteiger partial charge in [0.15, 0.2) is 0 Å². The van der Waals surface area contributed by atoms with Gasteiger partial charge in [-0.25, -0.2) is 0 Å². The largest absolute Gasteiger partial charge is 0.383 e. The zero-order valence-electron chi connectivity index (χ0n) is 12.1. The molecule has 0 bridgehead atoms. The maximum absolute atomic E-state index is 12.2. The van der Waals surface area contributed by atoms with Gasteiger partial charge in [-0.15, -0.1) is 0 Å². The smallest absolute Gasteiger partial charge is 0.266 e. The molecule has 0 radical (unpaired) electrons. The molecule has 1 fully saturated rings. The molecule has 1 aliphatic rings. The van der Waals surface area contributed by atoms with Gasteiger partial charge in [0.2, 0.25) is 0 Å². The van der Waals surface area contributed by atoms with Gasteiger partial charge in [0.25, 0.3) is 5.91 Å². The normalized spacial score (nSPS) is 17.0. The number of nitrogens with one attached hydrogen (secondary N) is 1. The highest BCUT2D eigenvalue weighted by atomic mass is 16.5. The molecule has 1 atom stereocenters. The van der Waals surface area contributed by atoms with Gasteiger partial charge in [-0.05, 0) is 12.5 Å². The van der Waals surface area contributed by atoms with Gasteiger partial charge in [0, 0.05) is 25.3 Å². The van der Waals surface area contributed by atoms with Crippen LogP contribution >= 0.6 is 0 Å². The lowest BCUT2D eigenvalue weighted by Gasteiger charge is -2.26. The van der Waals surface area contributed by atoms with Crippen molar-refractivity contribution in [3.8, 4) is 6.07 Å². The van der Waals surface area contributed by atoms with Crippen molar-refractivity contribution < 1.29 is 9.53 Å². The third-order valence-corrected chi connectivity index (χ3v) is 3.43. The summed E-state index contributed by atoms with van der Waals surface area (Å²) < 4.78 is 5.21. The van der Waals surface area contributed by atoms with Crippen molar-refractivity contribution in [3.63, 3.8) is 0 Å². The van der Waals surface area contributed by atoms with E-state index < -0.39 is 0 Å². The molecule has 1 heterocycles. The number of carbonyl (C=O) groups excluding carboxylic acids is 1. The number of amides is 1. The molecule has 1 unspecified atom stereocenters. The second kappa shape index (κ2) is 7.46. The summed E-state index contributed by atoms with van der Waals surface area (Å²) in [6.07, 6.45) is 1.51. The fourth-order valence-electron chi connectivity index (χ4n) is 2.12. The minimum atomic E-state index is -0.242. The summed E-state index contributed by atoms with van der Waals surface area (Å²) in [6, 6.07) is 11.9. The molecule has 21 heavy (non-hydrogen) atoms. The third kappa shape index (κ3) is 4.07. The Labute approximate surface area is 124 Å². The SMILES string of the molecule is CC(N/C=C(/C#N)C(=O)N1CCOCC1)c1ccccc1. The van der Waals surface area contributed by atoms with Crippen LogP contribution in [0.5, 0.6) is 0 Å². The molecule has 0 spiro atoms. The Bertz CT molecular complexity index is 542. The summed E-state index contributed by atoms with van der Waals surface area (Å²) in [5, 5.41) is 12.3. The van der Waals surface area contributed by atoms with Crippen LogP contribution in [0.25, 0.3) is 0 Å². The molecule has 0 aliphatic carbocycles. The number of hydrogen-bond donors (Lipinski definition) is 1. The first-order valence-electron chi connectivity index (χ1n) is 7.00. The van der Waals surface area contributed by atoms with Crippen molar-refractivity contribution in [3.05, 3.63) is 47.7 Å². The maximum Gasteiger partial charge on any atom is 0.266 e. The molecule has 0 aromatic heterocycles. The number of nitrogens with zero attached hydrogens (tertiary/aromatic N) is 2. The average Bonchev–Trinajstić information content (AvgIpc) is 2.56. The van der Waals surface area contributed by atoms with E-state index in [4.69, 9.17) is 4.74 Å². The van der Waals surface area contributed by atoms with Crippen LogP contribution in [0.4, 0.5) is 0 Å². The summed E-state index contributed by atoms with van der Waals surface area (Å²) >= 11 is 0. The van der Waals surface area contributed by atoms with Gasteiger partial charge in [-0.3, -0.25) is 4.79 Å². The molecular formula is C16H19N3O2. The first-order chi connectivity index (χ1) is 10.2. The van der Waals surface area contributed by atoms with E-state index in [0.717, 1.165) is 5.56 Å². The van der Waals surface area contributed by atoms with Crippen LogP contribution in [-0.4, -0.2) is 37.1 Å². The van der Waals surface area contributed by atoms with Crippen LogP contribution in [0.2, 0.25) is 0 Å². The van der Waals surface area contributed by atoms with E-state index in [1.807, 2.05) is 43.3 Å². The molecule has 1 aromatic carbocycles. The number of hydrogen-bond acceptors (Lipinski definition) is 4. The van der Waals surface area contributed by atoms with Gasteiger partial charge in [0.1, 0.15) is 11.6 Å². The predicted octanol–water partition coefficient (Wildman–Crippen LogP) is 1.60. The van der Waals surface area contributed by atoms with E-state index in [1.165, 1.54) is 6.20 Å². The second-order valence-electron chi connectivity index (χ2n) is 4.87. The first-order valence-corrected chi connectivity index (χ1v) is 7.00. The highest BCUT2D eigenvalue weighted by Gasteiger charge is 2.20. The number of benzene rings is 1. The van der Waals surface area contributed by atoms with Gasteiger partial charge in [-0.1, -0.05) is 30.3 Å². The van der Waals surface area contributed by atoms with E-state index >= 15 is 0 Å². The monoisotopic (exact) mass is 285 g/mol.